The Hall–Kier alpha value is -3.57. The molecule has 3 amide bonds. The van der Waals surface area contributed by atoms with E-state index in [4.69, 9.17) is 4.74 Å². The number of nitrogens with one attached hydrogen (secondary N) is 3. The zero-order valence-corrected chi connectivity index (χ0v) is 20.5. The summed E-state index contributed by atoms with van der Waals surface area (Å²) < 4.78 is 32.4. The topological polar surface area (TPSA) is 133 Å². The van der Waals surface area contributed by atoms with E-state index in [2.05, 4.69) is 20.6 Å². The number of ether oxygens (including phenoxy) is 1. The van der Waals surface area contributed by atoms with Gasteiger partial charge in [-0.1, -0.05) is 12.1 Å². The summed E-state index contributed by atoms with van der Waals surface area (Å²) in [7, 11) is 0. The third-order valence-corrected chi connectivity index (χ3v) is 5.49. The normalized spacial score (nSPS) is 16.0. The summed E-state index contributed by atoms with van der Waals surface area (Å²) in [6, 6.07) is 5.78. The van der Waals surface area contributed by atoms with Gasteiger partial charge in [0.15, 0.2) is 5.69 Å². The molecular formula is C24H31F2N5O5. The second-order valence-electron chi connectivity index (χ2n) is 9.75. The maximum Gasteiger partial charge on any atom is 0.408 e. The van der Waals surface area contributed by atoms with E-state index in [1.165, 1.54) is 0 Å². The highest BCUT2D eigenvalue weighted by molar-refractivity contribution is 5.93. The Labute approximate surface area is 206 Å². The largest absolute Gasteiger partial charge is 0.444 e. The van der Waals surface area contributed by atoms with Crippen molar-refractivity contribution in [2.45, 2.75) is 64.0 Å². The first-order valence-corrected chi connectivity index (χ1v) is 11.8. The van der Waals surface area contributed by atoms with Crippen LogP contribution in [0.5, 0.6) is 0 Å². The van der Waals surface area contributed by atoms with Crippen molar-refractivity contribution in [3.8, 4) is 0 Å². The molecular weight excluding hydrogens is 476 g/mol. The number of para-hydroxylation sites is 2. The van der Waals surface area contributed by atoms with E-state index in [1.54, 1.807) is 45.0 Å². The van der Waals surface area contributed by atoms with Crippen LogP contribution in [-0.4, -0.2) is 70.0 Å². The van der Waals surface area contributed by atoms with Crippen LogP contribution in [0, 0.1) is 0 Å². The van der Waals surface area contributed by atoms with E-state index < -0.39 is 54.0 Å². The number of alkyl carbamates (subject to hydrolysis) is 1. The number of aromatic amines is 1. The van der Waals surface area contributed by atoms with Crippen molar-refractivity contribution in [2.24, 2.45) is 0 Å². The molecule has 1 atom stereocenters. The van der Waals surface area contributed by atoms with E-state index >= 15 is 0 Å². The first-order valence-electron chi connectivity index (χ1n) is 11.8. The molecule has 0 spiro atoms. The molecule has 1 saturated heterocycles. The van der Waals surface area contributed by atoms with Crippen molar-refractivity contribution < 1.29 is 27.9 Å². The van der Waals surface area contributed by atoms with E-state index in [0.29, 0.717) is 23.9 Å². The Balaban J connectivity index is 1.54. The molecule has 0 unspecified atom stereocenters. The minimum Gasteiger partial charge on any atom is -0.444 e. The van der Waals surface area contributed by atoms with Gasteiger partial charge in [-0.25, -0.2) is 18.6 Å². The summed E-state index contributed by atoms with van der Waals surface area (Å²) in [5.41, 5.74) is -0.673. The van der Waals surface area contributed by atoms with Crippen molar-refractivity contribution >= 4 is 28.9 Å². The molecule has 3 rings (SSSR count). The van der Waals surface area contributed by atoms with Crippen LogP contribution in [-0.2, 0) is 9.53 Å². The highest BCUT2D eigenvalue weighted by Gasteiger charge is 2.42. The zero-order chi connectivity index (χ0) is 26.5. The molecule has 1 aliphatic heterocycles. The van der Waals surface area contributed by atoms with Gasteiger partial charge < -0.3 is 25.3 Å². The third-order valence-electron chi connectivity index (χ3n) is 5.49. The van der Waals surface area contributed by atoms with Gasteiger partial charge >= 0.3 is 6.09 Å². The summed E-state index contributed by atoms with van der Waals surface area (Å²) in [6.07, 6.45) is -0.288. The number of rotatable bonds is 8. The van der Waals surface area contributed by atoms with Gasteiger partial charge in [-0.15, -0.1) is 0 Å². The van der Waals surface area contributed by atoms with Crippen molar-refractivity contribution in [3.05, 3.63) is 40.3 Å². The monoisotopic (exact) mass is 507 g/mol. The highest BCUT2D eigenvalue weighted by Crippen LogP contribution is 2.27. The summed E-state index contributed by atoms with van der Waals surface area (Å²) in [4.78, 5) is 57.4. The number of carbonyl (C=O) groups excluding carboxylic acids is 3. The molecule has 1 aromatic heterocycles. The number of amides is 3. The molecule has 12 heteroatoms. The molecule has 36 heavy (non-hydrogen) atoms. The van der Waals surface area contributed by atoms with Crippen molar-refractivity contribution in [2.75, 3.05) is 19.6 Å². The fourth-order valence-corrected chi connectivity index (χ4v) is 3.79. The Morgan fingerprint density at radius 2 is 1.94 bits per heavy atom. The predicted molar refractivity (Wildman–Crippen MR) is 128 cm³/mol. The summed E-state index contributed by atoms with van der Waals surface area (Å²) >= 11 is 0. The van der Waals surface area contributed by atoms with Gasteiger partial charge in [0, 0.05) is 19.5 Å². The number of nitrogens with zero attached hydrogens (tertiary/aromatic N) is 2. The fraction of sp³-hybridized carbons (Fsp3) is 0.542. The van der Waals surface area contributed by atoms with Crippen LogP contribution in [0.25, 0.3) is 11.0 Å². The molecule has 196 valence electrons. The molecule has 1 aromatic carbocycles. The number of fused-ring (bicyclic) bond motifs is 1. The molecule has 0 radical (unpaired) electrons. The van der Waals surface area contributed by atoms with E-state index in [1.807, 2.05) is 0 Å². The van der Waals surface area contributed by atoms with Gasteiger partial charge in [0.25, 0.3) is 17.4 Å². The highest BCUT2D eigenvalue weighted by atomic mass is 19.3. The molecule has 0 aliphatic carbocycles. The number of H-pyrrole nitrogens is 1. The van der Waals surface area contributed by atoms with Crippen molar-refractivity contribution in [1.82, 2.24) is 25.5 Å². The lowest BCUT2D eigenvalue weighted by atomic mass is 10.1. The Kier molecular flexibility index (Phi) is 8.26. The molecule has 10 nitrogen and oxygen atoms in total. The predicted octanol–water partition coefficient (Wildman–Crippen LogP) is 2.58. The molecule has 3 N–H and O–H groups in total. The van der Waals surface area contributed by atoms with Crippen LogP contribution in [0.3, 0.4) is 0 Å². The Bertz CT molecular complexity index is 1180. The molecule has 2 aromatic rings. The van der Waals surface area contributed by atoms with Gasteiger partial charge in [0.1, 0.15) is 11.6 Å². The second kappa shape index (κ2) is 11.0. The number of likely N-dealkylation sites (tertiary alicyclic amines) is 1. The lowest BCUT2D eigenvalue weighted by Gasteiger charge is -2.26. The molecule has 1 aliphatic rings. The van der Waals surface area contributed by atoms with E-state index in [9.17, 15) is 28.0 Å². The minimum absolute atomic E-state index is 0.0955. The van der Waals surface area contributed by atoms with Gasteiger partial charge in [-0.05, 0) is 52.2 Å². The van der Waals surface area contributed by atoms with Crippen molar-refractivity contribution in [3.63, 3.8) is 0 Å². The molecule has 1 fully saturated rings. The van der Waals surface area contributed by atoms with Crippen molar-refractivity contribution in [1.29, 1.82) is 0 Å². The van der Waals surface area contributed by atoms with Gasteiger partial charge in [0.2, 0.25) is 5.91 Å². The minimum atomic E-state index is -2.95. The van der Waals surface area contributed by atoms with Crippen LogP contribution < -0.4 is 16.2 Å². The van der Waals surface area contributed by atoms with Crippen LogP contribution in [0.2, 0.25) is 0 Å². The number of halogens is 2. The standard InChI is InChI=1S/C24H31F2N5O5/c1-23(2,3)36-22(35)30-17(21(34)31-13-11-24(25,26)14-31)10-6-7-12-27-19(32)18-20(33)29-16-9-5-4-8-15(16)28-18/h4-5,8-9,17H,6-7,10-14H2,1-3H3,(H,27,32)(H,29,33)(H,30,35)/t17-/m0/s1. The van der Waals surface area contributed by atoms with Gasteiger partial charge in [-0.3, -0.25) is 14.4 Å². The van der Waals surface area contributed by atoms with Crippen LogP contribution in [0.15, 0.2) is 29.1 Å². The fourth-order valence-electron chi connectivity index (χ4n) is 3.79. The number of carbonyl (C=O) groups is 3. The molecule has 0 bridgehead atoms. The molecule has 2 heterocycles. The maximum absolute atomic E-state index is 13.6. The lowest BCUT2D eigenvalue weighted by molar-refractivity contribution is -0.134. The number of alkyl halides is 2. The second-order valence-corrected chi connectivity index (χ2v) is 9.75. The number of hydrogen-bond acceptors (Lipinski definition) is 6. The molecule has 0 saturated carbocycles. The van der Waals surface area contributed by atoms with E-state index in [-0.39, 0.29) is 25.2 Å². The summed E-state index contributed by atoms with van der Waals surface area (Å²) in [6.45, 7) is 4.40. The lowest BCUT2D eigenvalue weighted by Crippen LogP contribution is -2.49. The van der Waals surface area contributed by atoms with Gasteiger partial charge in [0.05, 0.1) is 17.6 Å². The third kappa shape index (κ3) is 7.46. The summed E-state index contributed by atoms with van der Waals surface area (Å²) in [5.74, 6) is -4.19. The first-order chi connectivity index (χ1) is 16.8. The first kappa shape index (κ1) is 27.0. The van der Waals surface area contributed by atoms with E-state index in [0.717, 1.165) is 4.90 Å². The van der Waals surface area contributed by atoms with Crippen LogP contribution in [0.4, 0.5) is 13.6 Å². The summed E-state index contributed by atoms with van der Waals surface area (Å²) in [5, 5.41) is 5.10. The smallest absolute Gasteiger partial charge is 0.408 e. The quantitative estimate of drug-likeness (QED) is 0.471. The zero-order valence-electron chi connectivity index (χ0n) is 20.5. The Morgan fingerprint density at radius 3 is 2.61 bits per heavy atom. The number of aromatic nitrogens is 2. The van der Waals surface area contributed by atoms with Crippen LogP contribution >= 0.6 is 0 Å². The average Bonchev–Trinajstić information content (AvgIpc) is 3.15. The SMILES string of the molecule is CC(C)(C)OC(=O)N[C@@H](CCCCNC(=O)c1nc2ccccc2[nH]c1=O)C(=O)N1CCC(F)(F)C1. The maximum atomic E-state index is 13.6. The van der Waals surface area contributed by atoms with Gasteiger partial charge in [-0.2, -0.15) is 0 Å². The average molecular weight is 508 g/mol. The number of benzene rings is 1. The Morgan fingerprint density at radius 1 is 1.22 bits per heavy atom. The van der Waals surface area contributed by atoms with Crippen LogP contribution in [0.1, 0.15) is 56.9 Å². The number of unbranched alkanes of at least 4 members (excludes halogenated alkanes) is 1. The number of hydrogen-bond donors (Lipinski definition) is 3.